The van der Waals surface area contributed by atoms with E-state index < -0.39 is 0 Å². The molecule has 0 saturated heterocycles. The van der Waals surface area contributed by atoms with Crippen molar-refractivity contribution < 1.29 is 4.79 Å². The molecule has 3 unspecified atom stereocenters. The minimum Gasteiger partial charge on any atom is -0.348 e. The van der Waals surface area contributed by atoms with Gasteiger partial charge in [0.15, 0.2) is 0 Å². The van der Waals surface area contributed by atoms with E-state index in [0.29, 0.717) is 17.9 Å². The van der Waals surface area contributed by atoms with E-state index in [1.165, 1.54) is 17.8 Å². The largest absolute Gasteiger partial charge is 0.348 e. The summed E-state index contributed by atoms with van der Waals surface area (Å²) < 4.78 is 1.91. The third kappa shape index (κ3) is 2.93. The third-order valence-corrected chi connectivity index (χ3v) is 6.91. The molecule has 1 aromatic rings. The van der Waals surface area contributed by atoms with Crippen LogP contribution in [0, 0.1) is 11.8 Å². The fourth-order valence-electron chi connectivity index (χ4n) is 2.27. The number of carbonyl (C=O) groups excluding carboxylic acids is 1. The number of carbonyl (C=O) groups is 1. The molecular formula is C12H15Br2NOS. The molecule has 1 fully saturated rings. The van der Waals surface area contributed by atoms with Crippen molar-refractivity contribution in [2.45, 2.75) is 32.7 Å². The van der Waals surface area contributed by atoms with Crippen LogP contribution in [0.15, 0.2) is 14.3 Å². The summed E-state index contributed by atoms with van der Waals surface area (Å²) in [6.07, 6.45) is 2.31. The average molecular weight is 381 g/mol. The molecule has 0 radical (unpaired) electrons. The summed E-state index contributed by atoms with van der Waals surface area (Å²) in [5, 5.41) is 3.15. The molecule has 1 N–H and O–H groups in total. The van der Waals surface area contributed by atoms with Crippen LogP contribution in [0.2, 0.25) is 0 Å². The second kappa shape index (κ2) is 5.41. The molecule has 1 aliphatic rings. The zero-order valence-electron chi connectivity index (χ0n) is 9.80. The molecule has 1 heterocycles. The minimum atomic E-state index is 0.0485. The Bertz CT molecular complexity index is 413. The van der Waals surface area contributed by atoms with Crippen LogP contribution in [0.25, 0.3) is 0 Å². The quantitative estimate of drug-likeness (QED) is 0.807. The monoisotopic (exact) mass is 379 g/mol. The van der Waals surface area contributed by atoms with Crippen LogP contribution in [0.3, 0.4) is 0 Å². The molecule has 1 saturated carbocycles. The van der Waals surface area contributed by atoms with Gasteiger partial charge in [0.1, 0.15) is 0 Å². The molecule has 0 aliphatic heterocycles. The standard InChI is InChI=1S/C12H15Br2NOS/c1-6-3-4-9(7(6)2)15-12(16)10-5-8(13)11(14)17-10/h5-7,9H,3-4H2,1-2H3,(H,15,16). The van der Waals surface area contributed by atoms with Gasteiger partial charge in [0.2, 0.25) is 0 Å². The number of halogens is 2. The van der Waals surface area contributed by atoms with Crippen LogP contribution < -0.4 is 5.32 Å². The van der Waals surface area contributed by atoms with Gasteiger partial charge < -0.3 is 5.32 Å². The highest BCUT2D eigenvalue weighted by Gasteiger charge is 2.31. The number of thiophene rings is 1. The van der Waals surface area contributed by atoms with E-state index in [9.17, 15) is 4.79 Å². The van der Waals surface area contributed by atoms with Crippen molar-refractivity contribution >= 4 is 49.1 Å². The zero-order valence-corrected chi connectivity index (χ0v) is 13.8. The van der Waals surface area contributed by atoms with Gasteiger partial charge in [-0.2, -0.15) is 0 Å². The Kier molecular flexibility index (Phi) is 4.31. The highest BCUT2D eigenvalue weighted by molar-refractivity contribution is 9.13. The highest BCUT2D eigenvalue weighted by Crippen LogP contribution is 2.34. The van der Waals surface area contributed by atoms with Crippen LogP contribution >= 0.6 is 43.2 Å². The van der Waals surface area contributed by atoms with E-state index in [4.69, 9.17) is 0 Å². The van der Waals surface area contributed by atoms with Crippen molar-refractivity contribution in [3.05, 3.63) is 19.2 Å². The lowest BCUT2D eigenvalue weighted by Gasteiger charge is -2.19. The first-order valence-electron chi connectivity index (χ1n) is 5.74. The predicted molar refractivity (Wildman–Crippen MR) is 78.5 cm³/mol. The van der Waals surface area contributed by atoms with E-state index in [0.717, 1.165) is 19.6 Å². The number of amides is 1. The van der Waals surface area contributed by atoms with E-state index in [1.807, 2.05) is 6.07 Å². The summed E-state index contributed by atoms with van der Waals surface area (Å²) in [6.45, 7) is 4.48. The third-order valence-electron chi connectivity index (χ3n) is 3.65. The number of hydrogen-bond donors (Lipinski definition) is 1. The number of rotatable bonds is 2. The van der Waals surface area contributed by atoms with Crippen LogP contribution in [0.4, 0.5) is 0 Å². The van der Waals surface area contributed by atoms with Crippen molar-refractivity contribution in [3.8, 4) is 0 Å². The molecule has 2 nitrogen and oxygen atoms in total. The second-order valence-electron chi connectivity index (χ2n) is 4.73. The molecule has 94 valence electrons. The molecule has 0 bridgehead atoms. The van der Waals surface area contributed by atoms with Crippen LogP contribution in [-0.4, -0.2) is 11.9 Å². The van der Waals surface area contributed by atoms with Crippen molar-refractivity contribution in [2.24, 2.45) is 11.8 Å². The lowest BCUT2D eigenvalue weighted by molar-refractivity contribution is 0.0931. The molecular weight excluding hydrogens is 366 g/mol. The van der Waals surface area contributed by atoms with Crippen molar-refractivity contribution in [2.75, 3.05) is 0 Å². The van der Waals surface area contributed by atoms with Gasteiger partial charge in [0.25, 0.3) is 5.91 Å². The normalized spacial score (nSPS) is 28.4. The number of hydrogen-bond acceptors (Lipinski definition) is 2. The van der Waals surface area contributed by atoms with Gasteiger partial charge in [-0.3, -0.25) is 4.79 Å². The van der Waals surface area contributed by atoms with Crippen molar-refractivity contribution in [3.63, 3.8) is 0 Å². The molecule has 1 amide bonds. The SMILES string of the molecule is CC1CCC(NC(=O)c2cc(Br)c(Br)s2)C1C. The van der Waals surface area contributed by atoms with Gasteiger partial charge in [0, 0.05) is 10.5 Å². The van der Waals surface area contributed by atoms with Gasteiger partial charge in [-0.05, 0) is 62.6 Å². The molecule has 3 atom stereocenters. The van der Waals surface area contributed by atoms with Gasteiger partial charge in [-0.1, -0.05) is 13.8 Å². The first-order valence-corrected chi connectivity index (χ1v) is 8.15. The average Bonchev–Trinajstić information content (AvgIpc) is 2.77. The lowest BCUT2D eigenvalue weighted by Crippen LogP contribution is -2.36. The molecule has 1 aromatic heterocycles. The molecule has 0 spiro atoms. The molecule has 0 aromatic carbocycles. The summed E-state index contributed by atoms with van der Waals surface area (Å²) in [6, 6.07) is 2.20. The van der Waals surface area contributed by atoms with Crippen LogP contribution in [0.5, 0.6) is 0 Å². The highest BCUT2D eigenvalue weighted by atomic mass is 79.9. The molecule has 17 heavy (non-hydrogen) atoms. The zero-order chi connectivity index (χ0) is 12.6. The fourth-order valence-corrected chi connectivity index (χ4v) is 4.21. The van der Waals surface area contributed by atoms with E-state index in [-0.39, 0.29) is 5.91 Å². The van der Waals surface area contributed by atoms with Gasteiger partial charge >= 0.3 is 0 Å². The van der Waals surface area contributed by atoms with Gasteiger partial charge in [0.05, 0.1) is 8.66 Å². The van der Waals surface area contributed by atoms with Crippen molar-refractivity contribution in [1.82, 2.24) is 5.32 Å². The Morgan fingerprint density at radius 1 is 1.41 bits per heavy atom. The van der Waals surface area contributed by atoms with Crippen LogP contribution in [0.1, 0.15) is 36.4 Å². The lowest BCUT2D eigenvalue weighted by atomic mass is 9.98. The minimum absolute atomic E-state index is 0.0485. The predicted octanol–water partition coefficient (Wildman–Crippen LogP) is 4.44. The van der Waals surface area contributed by atoms with Crippen molar-refractivity contribution in [1.29, 1.82) is 0 Å². The summed E-state index contributed by atoms with van der Waals surface area (Å²) in [5.74, 6) is 1.33. The molecule has 1 aliphatic carbocycles. The topological polar surface area (TPSA) is 29.1 Å². The summed E-state index contributed by atoms with van der Waals surface area (Å²) >= 11 is 8.28. The Balaban J connectivity index is 2.02. The Morgan fingerprint density at radius 3 is 2.59 bits per heavy atom. The second-order valence-corrected chi connectivity index (χ2v) is 7.95. The van der Waals surface area contributed by atoms with E-state index in [2.05, 4.69) is 51.0 Å². The summed E-state index contributed by atoms with van der Waals surface area (Å²) in [5.41, 5.74) is 0. The van der Waals surface area contributed by atoms with Crippen LogP contribution in [-0.2, 0) is 0 Å². The summed E-state index contributed by atoms with van der Waals surface area (Å²) in [7, 11) is 0. The number of nitrogens with one attached hydrogen (secondary N) is 1. The Hall–Kier alpha value is 0.130. The smallest absolute Gasteiger partial charge is 0.261 e. The summed E-state index contributed by atoms with van der Waals surface area (Å²) in [4.78, 5) is 12.8. The first-order chi connectivity index (χ1) is 7.99. The Morgan fingerprint density at radius 2 is 2.12 bits per heavy atom. The van der Waals surface area contributed by atoms with Gasteiger partial charge in [-0.15, -0.1) is 11.3 Å². The fraction of sp³-hybridized carbons (Fsp3) is 0.583. The van der Waals surface area contributed by atoms with E-state index in [1.54, 1.807) is 0 Å². The van der Waals surface area contributed by atoms with Gasteiger partial charge in [-0.25, -0.2) is 0 Å². The van der Waals surface area contributed by atoms with E-state index >= 15 is 0 Å². The first kappa shape index (κ1) is 13.6. The molecule has 5 heteroatoms. The Labute approximate surface area is 122 Å². The maximum absolute atomic E-state index is 12.1. The molecule has 2 rings (SSSR count). The maximum Gasteiger partial charge on any atom is 0.261 e. The maximum atomic E-state index is 12.1.